The van der Waals surface area contributed by atoms with Crippen molar-refractivity contribution in [3.8, 4) is 6.07 Å². The Labute approximate surface area is 101 Å². The summed E-state index contributed by atoms with van der Waals surface area (Å²) in [5.74, 6) is 0. The first-order valence-electron chi connectivity index (χ1n) is 5.75. The van der Waals surface area contributed by atoms with Crippen LogP contribution in [-0.4, -0.2) is 6.72 Å². The van der Waals surface area contributed by atoms with Crippen LogP contribution in [0, 0.1) is 11.3 Å². The maximum Gasteiger partial charge on any atom is 0.0991 e. The molecule has 1 fully saturated rings. The first kappa shape index (κ1) is 11.4. The first-order chi connectivity index (χ1) is 8.33. The van der Waals surface area contributed by atoms with Crippen LogP contribution in [0.15, 0.2) is 41.2 Å². The second kappa shape index (κ2) is 5.31. The van der Waals surface area contributed by atoms with Crippen molar-refractivity contribution >= 4 is 6.72 Å². The molecule has 0 radical (unpaired) electrons. The number of hydrogen-bond donors (Lipinski definition) is 1. The lowest BCUT2D eigenvalue weighted by molar-refractivity contribution is 0.464. The lowest BCUT2D eigenvalue weighted by Gasteiger charge is -2.27. The highest BCUT2D eigenvalue weighted by Crippen LogP contribution is 2.27. The molecule has 17 heavy (non-hydrogen) atoms. The maximum atomic E-state index is 8.76. The molecule has 2 rings (SSSR count). The molecular formula is C14H15N3. The van der Waals surface area contributed by atoms with Crippen molar-refractivity contribution < 1.29 is 0 Å². The third kappa shape index (κ3) is 2.73. The molecule has 86 valence electrons. The van der Waals surface area contributed by atoms with Crippen LogP contribution in [0.5, 0.6) is 0 Å². The van der Waals surface area contributed by atoms with Crippen molar-refractivity contribution in [3.05, 3.63) is 47.3 Å². The highest BCUT2D eigenvalue weighted by molar-refractivity contribution is 5.33. The number of aliphatic imine (C=N–C) groups is 1. The summed E-state index contributed by atoms with van der Waals surface area (Å²) in [6.45, 7) is 3.47. The van der Waals surface area contributed by atoms with E-state index in [4.69, 9.17) is 5.26 Å². The Morgan fingerprint density at radius 3 is 2.82 bits per heavy atom. The molecule has 1 saturated heterocycles. The minimum absolute atomic E-state index is 0.324. The highest BCUT2D eigenvalue weighted by Gasteiger charge is 2.17. The quantitative estimate of drug-likeness (QED) is 0.787. The molecule has 0 amide bonds. The average Bonchev–Trinajstić information content (AvgIpc) is 2.40. The van der Waals surface area contributed by atoms with Crippen LogP contribution < -0.4 is 5.32 Å². The molecule has 0 bridgehead atoms. The SMILES string of the molecule is C=N/C=C1/CCCC(c2ccc(C#N)cc2)N1. The van der Waals surface area contributed by atoms with Crippen LogP contribution in [0.25, 0.3) is 0 Å². The van der Waals surface area contributed by atoms with Crippen LogP contribution in [0.3, 0.4) is 0 Å². The summed E-state index contributed by atoms with van der Waals surface area (Å²) in [7, 11) is 0. The molecule has 3 nitrogen and oxygen atoms in total. The average molecular weight is 225 g/mol. The number of nitrogens with zero attached hydrogens (tertiary/aromatic N) is 2. The van der Waals surface area contributed by atoms with Gasteiger partial charge in [0.05, 0.1) is 17.7 Å². The Kier molecular flexibility index (Phi) is 3.56. The molecular weight excluding hydrogens is 210 g/mol. The molecule has 3 heteroatoms. The molecule has 0 saturated carbocycles. The molecule has 1 heterocycles. The monoisotopic (exact) mass is 225 g/mol. The van der Waals surface area contributed by atoms with Gasteiger partial charge in [0, 0.05) is 11.9 Å². The fourth-order valence-electron chi connectivity index (χ4n) is 2.12. The molecule has 1 aromatic carbocycles. The van der Waals surface area contributed by atoms with E-state index in [1.807, 2.05) is 24.3 Å². The summed E-state index contributed by atoms with van der Waals surface area (Å²) in [6, 6.07) is 10.2. The zero-order valence-electron chi connectivity index (χ0n) is 9.69. The number of nitrogens with one attached hydrogen (secondary N) is 1. The molecule has 1 aliphatic heterocycles. The van der Waals surface area contributed by atoms with Gasteiger partial charge in [0.2, 0.25) is 0 Å². The molecule has 1 atom stereocenters. The van der Waals surface area contributed by atoms with Gasteiger partial charge in [-0.3, -0.25) is 4.99 Å². The van der Waals surface area contributed by atoms with Gasteiger partial charge in [0.1, 0.15) is 0 Å². The largest absolute Gasteiger partial charge is 0.380 e. The predicted octanol–water partition coefficient (Wildman–Crippen LogP) is 2.91. The number of piperidine rings is 1. The van der Waals surface area contributed by atoms with Crippen LogP contribution in [0.4, 0.5) is 0 Å². The van der Waals surface area contributed by atoms with E-state index >= 15 is 0 Å². The number of allylic oxidation sites excluding steroid dienone is 1. The first-order valence-corrected chi connectivity index (χ1v) is 5.75. The van der Waals surface area contributed by atoms with E-state index in [-0.39, 0.29) is 0 Å². The van der Waals surface area contributed by atoms with E-state index < -0.39 is 0 Å². The smallest absolute Gasteiger partial charge is 0.0991 e. The van der Waals surface area contributed by atoms with E-state index in [1.165, 1.54) is 5.56 Å². The Hall–Kier alpha value is -2.08. The van der Waals surface area contributed by atoms with Crippen molar-refractivity contribution in [3.63, 3.8) is 0 Å². The lowest BCUT2D eigenvalue weighted by Crippen LogP contribution is -2.25. The van der Waals surface area contributed by atoms with Gasteiger partial charge in [-0.1, -0.05) is 12.1 Å². The Morgan fingerprint density at radius 2 is 2.18 bits per heavy atom. The third-order valence-corrected chi connectivity index (χ3v) is 2.99. The number of hydrogen-bond acceptors (Lipinski definition) is 3. The van der Waals surface area contributed by atoms with Gasteiger partial charge in [0.15, 0.2) is 0 Å². The zero-order valence-corrected chi connectivity index (χ0v) is 9.69. The zero-order chi connectivity index (χ0) is 12.1. The summed E-state index contributed by atoms with van der Waals surface area (Å²) in [6.07, 6.45) is 5.08. The van der Waals surface area contributed by atoms with Gasteiger partial charge in [-0.05, 0) is 43.7 Å². The summed E-state index contributed by atoms with van der Waals surface area (Å²) in [4.78, 5) is 3.80. The summed E-state index contributed by atoms with van der Waals surface area (Å²) < 4.78 is 0. The predicted molar refractivity (Wildman–Crippen MR) is 68.5 cm³/mol. The molecule has 1 aliphatic rings. The molecule has 1 aromatic rings. The van der Waals surface area contributed by atoms with E-state index in [1.54, 1.807) is 6.20 Å². The van der Waals surface area contributed by atoms with Gasteiger partial charge in [-0.15, -0.1) is 0 Å². The minimum atomic E-state index is 0.324. The lowest BCUT2D eigenvalue weighted by atomic mass is 9.95. The van der Waals surface area contributed by atoms with Crippen molar-refractivity contribution in [1.29, 1.82) is 5.26 Å². The number of benzene rings is 1. The maximum absolute atomic E-state index is 8.76. The van der Waals surface area contributed by atoms with Gasteiger partial charge in [-0.25, -0.2) is 0 Å². The second-order valence-electron chi connectivity index (χ2n) is 4.16. The van der Waals surface area contributed by atoms with E-state index in [0.29, 0.717) is 11.6 Å². The fraction of sp³-hybridized carbons (Fsp3) is 0.286. The van der Waals surface area contributed by atoms with Crippen LogP contribution in [0.1, 0.15) is 36.4 Å². The van der Waals surface area contributed by atoms with Crippen LogP contribution in [0.2, 0.25) is 0 Å². The van der Waals surface area contributed by atoms with Gasteiger partial charge < -0.3 is 5.32 Å². The summed E-state index contributed by atoms with van der Waals surface area (Å²) in [5.41, 5.74) is 3.06. The van der Waals surface area contributed by atoms with E-state index in [0.717, 1.165) is 25.0 Å². The normalized spacial score (nSPS) is 21.6. The number of nitriles is 1. The Balaban J connectivity index is 2.13. The van der Waals surface area contributed by atoms with Gasteiger partial charge in [-0.2, -0.15) is 5.26 Å². The second-order valence-corrected chi connectivity index (χ2v) is 4.16. The van der Waals surface area contributed by atoms with E-state index in [2.05, 4.69) is 23.1 Å². The topological polar surface area (TPSA) is 48.2 Å². The summed E-state index contributed by atoms with van der Waals surface area (Å²) >= 11 is 0. The van der Waals surface area contributed by atoms with Gasteiger partial charge >= 0.3 is 0 Å². The molecule has 0 aliphatic carbocycles. The molecule has 1 N–H and O–H groups in total. The Morgan fingerprint density at radius 1 is 1.41 bits per heavy atom. The van der Waals surface area contributed by atoms with E-state index in [9.17, 15) is 0 Å². The Bertz CT molecular complexity index is 465. The van der Waals surface area contributed by atoms with Crippen molar-refractivity contribution in [2.45, 2.75) is 25.3 Å². The molecule has 0 aromatic heterocycles. The van der Waals surface area contributed by atoms with Crippen molar-refractivity contribution in [2.24, 2.45) is 4.99 Å². The molecule has 1 unspecified atom stereocenters. The fourth-order valence-corrected chi connectivity index (χ4v) is 2.12. The number of rotatable bonds is 2. The highest BCUT2D eigenvalue weighted by atomic mass is 14.9. The minimum Gasteiger partial charge on any atom is -0.380 e. The van der Waals surface area contributed by atoms with Crippen LogP contribution in [-0.2, 0) is 0 Å². The van der Waals surface area contributed by atoms with Crippen LogP contribution >= 0.6 is 0 Å². The molecule has 0 spiro atoms. The standard InChI is InChI=1S/C14H15N3/c1-16-10-13-3-2-4-14(17-13)12-7-5-11(9-15)6-8-12/h5-8,10,14,17H,1-4H2/b13-10-. The van der Waals surface area contributed by atoms with Crippen molar-refractivity contribution in [2.75, 3.05) is 0 Å². The van der Waals surface area contributed by atoms with Gasteiger partial charge in [0.25, 0.3) is 0 Å². The third-order valence-electron chi connectivity index (χ3n) is 2.99. The van der Waals surface area contributed by atoms with Crippen molar-refractivity contribution in [1.82, 2.24) is 5.32 Å². The summed E-state index contributed by atoms with van der Waals surface area (Å²) in [5, 5.41) is 12.2.